The summed E-state index contributed by atoms with van der Waals surface area (Å²) in [7, 11) is 0. The van der Waals surface area contributed by atoms with Crippen LogP contribution in [0.5, 0.6) is 0 Å². The first-order valence-electron chi connectivity index (χ1n) is 4.98. The van der Waals surface area contributed by atoms with E-state index in [9.17, 15) is 5.11 Å². The lowest BCUT2D eigenvalue weighted by Crippen LogP contribution is -2.25. The molecule has 1 aromatic heterocycles. The van der Waals surface area contributed by atoms with Crippen LogP contribution in [0.4, 0.5) is 0 Å². The van der Waals surface area contributed by atoms with E-state index < -0.39 is 6.23 Å². The first-order chi connectivity index (χ1) is 6.98. The maximum absolute atomic E-state index is 10.00. The van der Waals surface area contributed by atoms with Gasteiger partial charge in [-0.25, -0.2) is 0 Å². The summed E-state index contributed by atoms with van der Waals surface area (Å²) in [6, 6.07) is 7.58. The summed E-state index contributed by atoms with van der Waals surface area (Å²) in [6.45, 7) is 5.85. The smallest absolute Gasteiger partial charge is 0.171 e. The molecule has 0 fully saturated rings. The van der Waals surface area contributed by atoms with Crippen LogP contribution in [0.1, 0.15) is 27.0 Å². The van der Waals surface area contributed by atoms with Crippen LogP contribution in [0.3, 0.4) is 0 Å². The molecule has 1 atom stereocenters. The first kappa shape index (κ1) is 10.1. The Labute approximate surface area is 88.5 Å². The van der Waals surface area contributed by atoms with Crippen LogP contribution in [-0.4, -0.2) is 20.1 Å². The van der Waals surface area contributed by atoms with E-state index in [1.807, 2.05) is 45.0 Å². The fraction of sp³-hybridized carbons (Fsp3) is 0.455. The minimum atomic E-state index is -0.704. The van der Waals surface area contributed by atoms with Gasteiger partial charge in [0.1, 0.15) is 11.0 Å². The molecule has 4 nitrogen and oxygen atoms in total. The normalized spacial score (nSPS) is 14.4. The zero-order valence-corrected chi connectivity index (χ0v) is 9.18. The van der Waals surface area contributed by atoms with Crippen LogP contribution in [0.2, 0.25) is 0 Å². The third-order valence-corrected chi connectivity index (χ3v) is 2.30. The number of aromatic nitrogens is 3. The summed E-state index contributed by atoms with van der Waals surface area (Å²) in [6.07, 6.45) is -0.704. The molecule has 0 radical (unpaired) electrons. The van der Waals surface area contributed by atoms with Crippen molar-refractivity contribution in [2.24, 2.45) is 5.41 Å². The second-order valence-corrected chi connectivity index (χ2v) is 4.75. The summed E-state index contributed by atoms with van der Waals surface area (Å²) in [4.78, 5) is 1.38. The number of benzene rings is 1. The van der Waals surface area contributed by atoms with Crippen molar-refractivity contribution in [3.63, 3.8) is 0 Å². The molecule has 0 aliphatic heterocycles. The van der Waals surface area contributed by atoms with E-state index in [0.29, 0.717) is 0 Å². The summed E-state index contributed by atoms with van der Waals surface area (Å²) in [5.41, 5.74) is 1.34. The van der Waals surface area contributed by atoms with Crippen molar-refractivity contribution in [1.82, 2.24) is 15.0 Å². The van der Waals surface area contributed by atoms with Crippen LogP contribution in [0.25, 0.3) is 11.0 Å². The van der Waals surface area contributed by atoms with Crippen molar-refractivity contribution in [2.75, 3.05) is 0 Å². The van der Waals surface area contributed by atoms with E-state index in [1.54, 1.807) is 0 Å². The molecular formula is C11H15N3O. The van der Waals surface area contributed by atoms with Crippen LogP contribution in [-0.2, 0) is 0 Å². The molecule has 0 spiro atoms. The Bertz CT molecular complexity index is 437. The van der Waals surface area contributed by atoms with Crippen molar-refractivity contribution in [3.05, 3.63) is 24.3 Å². The Kier molecular flexibility index (Phi) is 2.23. The Hall–Kier alpha value is -1.42. The van der Waals surface area contributed by atoms with E-state index in [0.717, 1.165) is 11.0 Å². The Morgan fingerprint density at radius 2 is 1.60 bits per heavy atom. The van der Waals surface area contributed by atoms with Gasteiger partial charge in [0.2, 0.25) is 0 Å². The average molecular weight is 205 g/mol. The highest BCUT2D eigenvalue weighted by molar-refractivity contribution is 5.72. The average Bonchev–Trinajstić information content (AvgIpc) is 2.58. The fourth-order valence-electron chi connectivity index (χ4n) is 1.33. The van der Waals surface area contributed by atoms with Gasteiger partial charge in [-0.2, -0.15) is 15.0 Å². The minimum Gasteiger partial charge on any atom is -0.370 e. The van der Waals surface area contributed by atoms with Gasteiger partial charge >= 0.3 is 0 Å². The van der Waals surface area contributed by atoms with Crippen molar-refractivity contribution in [2.45, 2.75) is 27.0 Å². The largest absolute Gasteiger partial charge is 0.370 e. The fourth-order valence-corrected chi connectivity index (χ4v) is 1.33. The highest BCUT2D eigenvalue weighted by Crippen LogP contribution is 2.27. The minimum absolute atomic E-state index is 0.269. The van der Waals surface area contributed by atoms with Gasteiger partial charge < -0.3 is 5.11 Å². The number of hydrogen-bond donors (Lipinski definition) is 1. The van der Waals surface area contributed by atoms with Gasteiger partial charge in [-0.1, -0.05) is 32.9 Å². The Morgan fingerprint density at radius 3 is 2.00 bits per heavy atom. The maximum atomic E-state index is 10.00. The number of rotatable bonds is 1. The Balaban J connectivity index is 2.45. The molecule has 0 aliphatic rings. The van der Waals surface area contributed by atoms with E-state index in [2.05, 4.69) is 10.2 Å². The lowest BCUT2D eigenvalue weighted by atomic mass is 9.95. The molecule has 0 aliphatic carbocycles. The van der Waals surface area contributed by atoms with Gasteiger partial charge in [0, 0.05) is 5.41 Å². The molecule has 2 aromatic rings. The summed E-state index contributed by atoms with van der Waals surface area (Å²) in [5.74, 6) is 0. The molecule has 1 aromatic carbocycles. The predicted molar refractivity (Wildman–Crippen MR) is 58.2 cm³/mol. The molecule has 0 amide bonds. The van der Waals surface area contributed by atoms with Gasteiger partial charge in [-0.3, -0.25) is 0 Å². The number of aliphatic hydroxyl groups excluding tert-OH is 1. The van der Waals surface area contributed by atoms with Gasteiger partial charge in [-0.05, 0) is 12.1 Å². The molecular weight excluding hydrogens is 190 g/mol. The molecule has 2 rings (SSSR count). The lowest BCUT2D eigenvalue weighted by molar-refractivity contribution is -0.0206. The van der Waals surface area contributed by atoms with E-state index >= 15 is 0 Å². The van der Waals surface area contributed by atoms with Crippen LogP contribution < -0.4 is 0 Å². The van der Waals surface area contributed by atoms with Crippen LogP contribution in [0, 0.1) is 5.41 Å². The third-order valence-electron chi connectivity index (χ3n) is 2.30. The third kappa shape index (κ3) is 1.85. The first-order valence-corrected chi connectivity index (χ1v) is 4.98. The van der Waals surface area contributed by atoms with Crippen LogP contribution >= 0.6 is 0 Å². The molecule has 1 N–H and O–H groups in total. The molecule has 80 valence electrons. The molecule has 4 heteroatoms. The topological polar surface area (TPSA) is 50.9 Å². The van der Waals surface area contributed by atoms with E-state index in [4.69, 9.17) is 0 Å². The molecule has 1 heterocycles. The zero-order chi connectivity index (χ0) is 11.1. The molecule has 15 heavy (non-hydrogen) atoms. The summed E-state index contributed by atoms with van der Waals surface area (Å²) < 4.78 is 0. The standard InChI is InChI=1S/C11H15N3O/c1-11(2,3)10(15)14-12-8-6-4-5-7-9(8)13-14/h4-7,10,15H,1-3H3. The highest BCUT2D eigenvalue weighted by atomic mass is 16.3. The highest BCUT2D eigenvalue weighted by Gasteiger charge is 2.25. The number of aliphatic hydroxyl groups is 1. The second kappa shape index (κ2) is 3.31. The summed E-state index contributed by atoms with van der Waals surface area (Å²) >= 11 is 0. The van der Waals surface area contributed by atoms with Crippen molar-refractivity contribution in [3.8, 4) is 0 Å². The van der Waals surface area contributed by atoms with Gasteiger partial charge in [0.25, 0.3) is 0 Å². The molecule has 0 bridgehead atoms. The quantitative estimate of drug-likeness (QED) is 0.774. The maximum Gasteiger partial charge on any atom is 0.171 e. The number of fused-ring (bicyclic) bond motifs is 1. The predicted octanol–water partition coefficient (Wildman–Crippen LogP) is 1.97. The van der Waals surface area contributed by atoms with Gasteiger partial charge in [-0.15, -0.1) is 0 Å². The molecule has 1 unspecified atom stereocenters. The lowest BCUT2D eigenvalue weighted by Gasteiger charge is -2.24. The van der Waals surface area contributed by atoms with E-state index in [1.165, 1.54) is 4.80 Å². The SMILES string of the molecule is CC(C)(C)C(O)n1nc2ccccc2n1. The Morgan fingerprint density at radius 1 is 1.13 bits per heavy atom. The van der Waals surface area contributed by atoms with Gasteiger partial charge in [0.15, 0.2) is 6.23 Å². The van der Waals surface area contributed by atoms with Crippen molar-refractivity contribution in [1.29, 1.82) is 0 Å². The molecule has 0 saturated carbocycles. The number of hydrogen-bond acceptors (Lipinski definition) is 3. The molecule has 0 saturated heterocycles. The van der Waals surface area contributed by atoms with E-state index in [-0.39, 0.29) is 5.41 Å². The second-order valence-electron chi connectivity index (χ2n) is 4.75. The zero-order valence-electron chi connectivity index (χ0n) is 9.18. The monoisotopic (exact) mass is 205 g/mol. The van der Waals surface area contributed by atoms with Crippen molar-refractivity contribution >= 4 is 11.0 Å². The van der Waals surface area contributed by atoms with Crippen molar-refractivity contribution < 1.29 is 5.11 Å². The van der Waals surface area contributed by atoms with Crippen LogP contribution in [0.15, 0.2) is 24.3 Å². The summed E-state index contributed by atoms with van der Waals surface area (Å²) in [5, 5.41) is 18.5. The number of nitrogens with zero attached hydrogens (tertiary/aromatic N) is 3. The van der Waals surface area contributed by atoms with Gasteiger partial charge in [0.05, 0.1) is 0 Å².